The van der Waals surface area contributed by atoms with Gasteiger partial charge in [0.1, 0.15) is 6.04 Å². The minimum atomic E-state index is -3.21. The van der Waals surface area contributed by atoms with Crippen molar-refractivity contribution in [3.8, 4) is 0 Å². The first-order chi connectivity index (χ1) is 9.79. The molecule has 1 N–H and O–H groups in total. The third kappa shape index (κ3) is 3.92. The van der Waals surface area contributed by atoms with Crippen molar-refractivity contribution in [2.45, 2.75) is 18.9 Å². The number of carboxylic acid groups (broad SMARTS) is 1. The molecule has 1 atom stereocenters. The summed E-state index contributed by atoms with van der Waals surface area (Å²) in [6.07, 6.45) is 2.52. The van der Waals surface area contributed by atoms with Crippen LogP contribution in [0.25, 0.3) is 0 Å². The number of hydrogen-bond acceptors (Lipinski definition) is 5. The molecule has 0 aliphatic carbocycles. The number of sulfonamides is 1. The number of piperazine rings is 1. The number of rotatable bonds is 4. The van der Waals surface area contributed by atoms with Gasteiger partial charge in [0.25, 0.3) is 0 Å². The third-order valence-electron chi connectivity index (χ3n) is 4.05. The summed E-state index contributed by atoms with van der Waals surface area (Å²) in [4.78, 5) is 26.6. The molecule has 0 aromatic heterocycles. The largest absolute Gasteiger partial charge is 0.480 e. The van der Waals surface area contributed by atoms with E-state index >= 15 is 0 Å². The number of hydrogen-bond donors (Lipinski definition) is 1. The summed E-state index contributed by atoms with van der Waals surface area (Å²) in [6.45, 7) is 2.02. The molecule has 120 valence electrons. The minimum Gasteiger partial charge on any atom is -0.480 e. The molecule has 8 nitrogen and oxygen atoms in total. The van der Waals surface area contributed by atoms with Gasteiger partial charge in [-0.15, -0.1) is 0 Å². The Morgan fingerprint density at radius 3 is 2.29 bits per heavy atom. The van der Waals surface area contributed by atoms with Gasteiger partial charge in [-0.25, -0.2) is 8.42 Å². The summed E-state index contributed by atoms with van der Waals surface area (Å²) < 4.78 is 24.2. The first-order valence-corrected chi connectivity index (χ1v) is 8.83. The number of likely N-dealkylation sites (tertiary alicyclic amines) is 1. The molecule has 1 unspecified atom stereocenters. The predicted octanol–water partition coefficient (Wildman–Crippen LogP) is -1.36. The van der Waals surface area contributed by atoms with Crippen molar-refractivity contribution in [2.24, 2.45) is 0 Å². The molecule has 0 saturated carbocycles. The first kappa shape index (κ1) is 16.2. The maximum Gasteiger partial charge on any atom is 0.320 e. The van der Waals surface area contributed by atoms with Crippen LogP contribution in [0.4, 0.5) is 0 Å². The van der Waals surface area contributed by atoms with Gasteiger partial charge >= 0.3 is 5.97 Å². The van der Waals surface area contributed by atoms with Crippen LogP contribution in [0.2, 0.25) is 0 Å². The second-order valence-electron chi connectivity index (χ2n) is 5.51. The first-order valence-electron chi connectivity index (χ1n) is 6.99. The molecule has 0 spiro atoms. The third-order valence-corrected chi connectivity index (χ3v) is 5.35. The van der Waals surface area contributed by atoms with E-state index in [1.807, 2.05) is 0 Å². The average molecular weight is 319 g/mol. The normalized spacial score (nSPS) is 25.2. The van der Waals surface area contributed by atoms with Crippen molar-refractivity contribution in [2.75, 3.05) is 45.5 Å². The van der Waals surface area contributed by atoms with E-state index < -0.39 is 22.0 Å². The lowest BCUT2D eigenvalue weighted by Gasteiger charge is -2.34. The van der Waals surface area contributed by atoms with Crippen LogP contribution in [0.1, 0.15) is 12.8 Å². The smallest absolute Gasteiger partial charge is 0.320 e. The van der Waals surface area contributed by atoms with E-state index in [0.717, 1.165) is 12.7 Å². The van der Waals surface area contributed by atoms with Gasteiger partial charge in [-0.2, -0.15) is 4.31 Å². The highest BCUT2D eigenvalue weighted by Gasteiger charge is 2.33. The van der Waals surface area contributed by atoms with Gasteiger partial charge in [0.15, 0.2) is 0 Å². The standard InChI is InChI=1S/C12H21N3O5S/c1-21(19,20)15-7-5-13(6-8-15)11(16)9-14-4-2-3-10(14)12(17)18/h10H,2-9H2,1H3,(H,17,18). The Morgan fingerprint density at radius 2 is 1.76 bits per heavy atom. The minimum absolute atomic E-state index is 0.0931. The molecule has 0 aromatic rings. The van der Waals surface area contributed by atoms with Crippen LogP contribution in [0.5, 0.6) is 0 Å². The van der Waals surface area contributed by atoms with Gasteiger partial charge in [-0.3, -0.25) is 14.5 Å². The van der Waals surface area contributed by atoms with Gasteiger partial charge in [0.2, 0.25) is 15.9 Å². The highest BCUT2D eigenvalue weighted by atomic mass is 32.2. The number of carbonyl (C=O) groups is 2. The van der Waals surface area contributed by atoms with Gasteiger partial charge in [-0.1, -0.05) is 0 Å². The lowest BCUT2D eigenvalue weighted by molar-refractivity contribution is -0.143. The van der Waals surface area contributed by atoms with Gasteiger partial charge in [-0.05, 0) is 19.4 Å². The molecule has 2 rings (SSSR count). The van der Waals surface area contributed by atoms with E-state index in [9.17, 15) is 18.0 Å². The quantitative estimate of drug-likeness (QED) is 0.687. The fourth-order valence-corrected chi connectivity index (χ4v) is 3.66. The van der Waals surface area contributed by atoms with E-state index in [2.05, 4.69) is 0 Å². The lowest BCUT2D eigenvalue weighted by Crippen LogP contribution is -2.53. The Kier molecular flexibility index (Phi) is 4.84. The zero-order valence-corrected chi connectivity index (χ0v) is 12.9. The summed E-state index contributed by atoms with van der Waals surface area (Å²) >= 11 is 0. The highest BCUT2D eigenvalue weighted by Crippen LogP contribution is 2.17. The van der Waals surface area contributed by atoms with E-state index in [-0.39, 0.29) is 12.5 Å². The maximum atomic E-state index is 12.2. The number of carboxylic acids is 1. The zero-order valence-electron chi connectivity index (χ0n) is 12.1. The van der Waals surface area contributed by atoms with Crippen LogP contribution < -0.4 is 0 Å². The van der Waals surface area contributed by atoms with E-state index in [1.54, 1.807) is 9.80 Å². The van der Waals surface area contributed by atoms with Crippen molar-refractivity contribution >= 4 is 21.9 Å². The second-order valence-corrected chi connectivity index (χ2v) is 7.49. The van der Waals surface area contributed by atoms with Crippen molar-refractivity contribution in [1.29, 1.82) is 0 Å². The highest BCUT2D eigenvalue weighted by molar-refractivity contribution is 7.88. The molecule has 0 radical (unpaired) electrons. The summed E-state index contributed by atoms with van der Waals surface area (Å²) in [5, 5.41) is 9.09. The van der Waals surface area contributed by atoms with E-state index in [0.29, 0.717) is 39.1 Å². The number of aliphatic carboxylic acids is 1. The zero-order chi connectivity index (χ0) is 15.6. The van der Waals surface area contributed by atoms with Crippen LogP contribution in [-0.4, -0.2) is 91.1 Å². The molecule has 2 heterocycles. The second kappa shape index (κ2) is 6.29. The van der Waals surface area contributed by atoms with Crippen LogP contribution in [-0.2, 0) is 19.6 Å². The molecule has 21 heavy (non-hydrogen) atoms. The average Bonchev–Trinajstić information content (AvgIpc) is 2.86. The van der Waals surface area contributed by atoms with E-state index in [4.69, 9.17) is 5.11 Å². The molecular formula is C12H21N3O5S. The summed E-state index contributed by atoms with van der Waals surface area (Å²) in [5.74, 6) is -1.02. The summed E-state index contributed by atoms with van der Waals surface area (Å²) in [6, 6.07) is -0.578. The molecule has 0 bridgehead atoms. The van der Waals surface area contributed by atoms with Crippen molar-refractivity contribution in [1.82, 2.24) is 14.1 Å². The molecule has 2 aliphatic heterocycles. The summed E-state index contributed by atoms with van der Waals surface area (Å²) in [7, 11) is -3.21. The van der Waals surface area contributed by atoms with Crippen molar-refractivity contribution < 1.29 is 23.1 Å². The Bertz CT molecular complexity index is 513. The summed E-state index contributed by atoms with van der Waals surface area (Å²) in [5.41, 5.74) is 0. The monoisotopic (exact) mass is 319 g/mol. The van der Waals surface area contributed by atoms with Crippen molar-refractivity contribution in [3.63, 3.8) is 0 Å². The fraction of sp³-hybridized carbons (Fsp3) is 0.833. The van der Waals surface area contributed by atoms with Crippen LogP contribution in [0.3, 0.4) is 0 Å². The van der Waals surface area contributed by atoms with Gasteiger partial charge in [0.05, 0.1) is 12.8 Å². The van der Waals surface area contributed by atoms with Gasteiger partial charge in [0, 0.05) is 26.2 Å². The van der Waals surface area contributed by atoms with Crippen LogP contribution >= 0.6 is 0 Å². The molecular weight excluding hydrogens is 298 g/mol. The van der Waals surface area contributed by atoms with E-state index in [1.165, 1.54) is 4.31 Å². The molecule has 2 aliphatic rings. The van der Waals surface area contributed by atoms with Crippen molar-refractivity contribution in [3.05, 3.63) is 0 Å². The topological polar surface area (TPSA) is 98.2 Å². The molecule has 2 saturated heterocycles. The molecule has 0 aromatic carbocycles. The fourth-order valence-electron chi connectivity index (χ4n) is 2.84. The molecule has 1 amide bonds. The predicted molar refractivity (Wildman–Crippen MR) is 75.2 cm³/mol. The van der Waals surface area contributed by atoms with Crippen LogP contribution in [0.15, 0.2) is 0 Å². The molecule has 9 heteroatoms. The Hall–Kier alpha value is -1.19. The SMILES string of the molecule is CS(=O)(=O)N1CCN(C(=O)CN2CCCC2C(=O)O)CC1. The Balaban J connectivity index is 1.87. The number of amides is 1. The van der Waals surface area contributed by atoms with Gasteiger partial charge < -0.3 is 10.0 Å². The lowest BCUT2D eigenvalue weighted by atomic mass is 10.2. The Labute approximate surface area is 124 Å². The Morgan fingerprint density at radius 1 is 1.14 bits per heavy atom. The maximum absolute atomic E-state index is 12.2. The number of carbonyl (C=O) groups excluding carboxylic acids is 1. The number of nitrogens with zero attached hydrogens (tertiary/aromatic N) is 3. The molecule has 2 fully saturated rings. The van der Waals surface area contributed by atoms with Crippen LogP contribution in [0, 0.1) is 0 Å².